The maximum absolute atomic E-state index is 5.75. The van der Waals surface area contributed by atoms with Gasteiger partial charge in [-0.2, -0.15) is 9.97 Å². The molecule has 188 valence electrons. The van der Waals surface area contributed by atoms with Gasteiger partial charge in [-0.05, 0) is 37.9 Å². The fourth-order valence-corrected chi connectivity index (χ4v) is 6.18. The molecule has 5 heterocycles. The molecule has 1 N–H and O–H groups in total. The molecule has 3 fully saturated rings. The van der Waals surface area contributed by atoms with Crippen LogP contribution in [0.15, 0.2) is 41.8 Å². The lowest BCUT2D eigenvalue weighted by molar-refractivity contribution is 0.389. The summed E-state index contributed by atoms with van der Waals surface area (Å²) < 4.78 is 0. The molecule has 3 saturated heterocycles. The molecule has 6 rings (SSSR count). The third kappa shape index (κ3) is 5.10. The van der Waals surface area contributed by atoms with Crippen LogP contribution in [0.2, 0.25) is 0 Å². The van der Waals surface area contributed by atoms with Crippen molar-refractivity contribution in [2.75, 3.05) is 72.4 Å². The molecule has 0 unspecified atom stereocenters. The highest BCUT2D eigenvalue weighted by Crippen LogP contribution is 2.28. The summed E-state index contributed by atoms with van der Waals surface area (Å²) in [7, 11) is 0. The van der Waals surface area contributed by atoms with Crippen molar-refractivity contribution in [3.05, 3.63) is 41.8 Å². The van der Waals surface area contributed by atoms with Gasteiger partial charge < -0.3 is 24.9 Å². The van der Waals surface area contributed by atoms with E-state index in [1.54, 1.807) is 11.3 Å². The number of rotatable bonds is 5. The number of nitrogens with zero attached hydrogens (tertiary/aromatic N) is 7. The quantitative estimate of drug-likeness (QED) is 0.496. The van der Waals surface area contributed by atoms with Crippen molar-refractivity contribution in [3.8, 4) is 11.3 Å². The van der Waals surface area contributed by atoms with Gasteiger partial charge in [0.05, 0.1) is 5.69 Å². The molecule has 8 nitrogen and oxygen atoms in total. The second-order valence-electron chi connectivity index (χ2n) is 9.58. The summed E-state index contributed by atoms with van der Waals surface area (Å²) in [4.78, 5) is 24.1. The van der Waals surface area contributed by atoms with E-state index in [0.717, 1.165) is 91.4 Å². The number of aromatic nitrogens is 3. The Kier molecular flexibility index (Phi) is 6.87. The highest BCUT2D eigenvalue weighted by Gasteiger charge is 2.25. The molecule has 3 aliphatic heterocycles. The van der Waals surface area contributed by atoms with Crippen LogP contribution in [0.1, 0.15) is 25.7 Å². The van der Waals surface area contributed by atoms with E-state index in [1.165, 1.54) is 25.7 Å². The predicted molar refractivity (Wildman–Crippen MR) is 152 cm³/mol. The van der Waals surface area contributed by atoms with E-state index in [2.05, 4.69) is 48.5 Å². The van der Waals surface area contributed by atoms with Gasteiger partial charge in [-0.25, -0.2) is 4.98 Å². The molecule has 2 aromatic heterocycles. The smallest absolute Gasteiger partial charge is 0.229 e. The van der Waals surface area contributed by atoms with Gasteiger partial charge in [0.15, 0.2) is 10.2 Å². The lowest BCUT2D eigenvalue weighted by atomic mass is 10.2. The molecular formula is C26H32N8S2. The van der Waals surface area contributed by atoms with Crippen LogP contribution in [0.5, 0.6) is 0 Å². The topological polar surface area (TPSA) is 63.7 Å². The molecule has 0 amide bonds. The van der Waals surface area contributed by atoms with Gasteiger partial charge in [-0.1, -0.05) is 30.3 Å². The fourth-order valence-electron chi connectivity index (χ4n) is 5.12. The minimum atomic E-state index is 0.738. The number of hydrogen-bond acceptors (Lipinski definition) is 8. The Bertz CT molecular complexity index is 1150. The summed E-state index contributed by atoms with van der Waals surface area (Å²) in [6.07, 6.45) is 4.93. The number of hydrogen-bond donors (Lipinski definition) is 1. The average molecular weight is 521 g/mol. The van der Waals surface area contributed by atoms with E-state index in [9.17, 15) is 0 Å². The summed E-state index contributed by atoms with van der Waals surface area (Å²) in [6, 6.07) is 12.4. The lowest BCUT2D eigenvalue weighted by Crippen LogP contribution is -2.50. The van der Waals surface area contributed by atoms with E-state index in [1.807, 2.05) is 18.2 Å². The van der Waals surface area contributed by atoms with Crippen molar-refractivity contribution >= 4 is 51.4 Å². The number of benzene rings is 1. The third-order valence-electron chi connectivity index (χ3n) is 7.18. The first-order chi connectivity index (χ1) is 17.7. The number of anilines is 4. The highest BCUT2D eigenvalue weighted by atomic mass is 32.1. The lowest BCUT2D eigenvalue weighted by Gasteiger charge is -2.37. The van der Waals surface area contributed by atoms with Crippen molar-refractivity contribution in [1.29, 1.82) is 0 Å². The van der Waals surface area contributed by atoms with E-state index < -0.39 is 0 Å². The van der Waals surface area contributed by atoms with E-state index in [4.69, 9.17) is 27.2 Å². The zero-order valence-corrected chi connectivity index (χ0v) is 22.1. The Balaban J connectivity index is 1.11. The first-order valence-corrected chi connectivity index (χ1v) is 14.2. The molecule has 0 aliphatic carbocycles. The molecule has 0 radical (unpaired) electrons. The van der Waals surface area contributed by atoms with Crippen molar-refractivity contribution in [3.63, 3.8) is 0 Å². The van der Waals surface area contributed by atoms with Crippen molar-refractivity contribution < 1.29 is 0 Å². The summed E-state index contributed by atoms with van der Waals surface area (Å²) in [5, 5.41) is 7.00. The first kappa shape index (κ1) is 23.4. The maximum Gasteiger partial charge on any atom is 0.229 e. The molecule has 36 heavy (non-hydrogen) atoms. The molecule has 3 aromatic rings. The van der Waals surface area contributed by atoms with E-state index in [-0.39, 0.29) is 0 Å². The monoisotopic (exact) mass is 520 g/mol. The van der Waals surface area contributed by atoms with Gasteiger partial charge in [0.1, 0.15) is 11.6 Å². The Morgan fingerprint density at radius 2 is 1.36 bits per heavy atom. The minimum Gasteiger partial charge on any atom is -0.356 e. The van der Waals surface area contributed by atoms with Crippen molar-refractivity contribution in [2.24, 2.45) is 0 Å². The van der Waals surface area contributed by atoms with Gasteiger partial charge in [0, 0.05) is 69.4 Å². The standard InChI is InChI=1S/C26H32N8S2/c35-26(30-25-27-21(19-36-25)20-8-2-1-3-9-20)34-16-14-32(15-17-34)23-18-22(31-10-4-5-11-31)28-24(29-23)33-12-6-7-13-33/h1-3,8-9,18-19H,4-7,10-17H2,(H,27,30,35). The first-order valence-electron chi connectivity index (χ1n) is 12.9. The van der Waals surface area contributed by atoms with Crippen LogP contribution in [-0.4, -0.2) is 77.3 Å². The van der Waals surface area contributed by atoms with Crippen LogP contribution >= 0.6 is 23.6 Å². The van der Waals surface area contributed by atoms with Crippen LogP contribution in [0.3, 0.4) is 0 Å². The molecule has 0 bridgehead atoms. The fraction of sp³-hybridized carbons (Fsp3) is 0.462. The number of thiocarbonyl (C=S) groups is 1. The third-order valence-corrected chi connectivity index (χ3v) is 8.30. The highest BCUT2D eigenvalue weighted by molar-refractivity contribution is 7.80. The molecule has 0 atom stereocenters. The Hall–Kier alpha value is -2.98. The van der Waals surface area contributed by atoms with Gasteiger partial charge in [-0.15, -0.1) is 11.3 Å². The summed E-state index contributed by atoms with van der Waals surface area (Å²) >= 11 is 7.34. The Labute approximate surface area is 222 Å². The number of piperazine rings is 1. The van der Waals surface area contributed by atoms with Crippen LogP contribution in [-0.2, 0) is 0 Å². The molecule has 10 heteroatoms. The second-order valence-corrected chi connectivity index (χ2v) is 10.8. The van der Waals surface area contributed by atoms with Crippen LogP contribution < -0.4 is 20.0 Å². The van der Waals surface area contributed by atoms with Crippen LogP contribution in [0.25, 0.3) is 11.3 Å². The summed E-state index contributed by atoms with van der Waals surface area (Å²) in [5.41, 5.74) is 2.09. The molecule has 0 saturated carbocycles. The van der Waals surface area contributed by atoms with Gasteiger partial charge >= 0.3 is 0 Å². The van der Waals surface area contributed by atoms with Gasteiger partial charge in [0.2, 0.25) is 5.95 Å². The van der Waals surface area contributed by atoms with Gasteiger partial charge in [-0.3, -0.25) is 0 Å². The van der Waals surface area contributed by atoms with Crippen molar-refractivity contribution in [1.82, 2.24) is 19.9 Å². The normalized spacial score (nSPS) is 18.2. The molecule has 1 aromatic carbocycles. The summed E-state index contributed by atoms with van der Waals surface area (Å²) in [6.45, 7) is 7.75. The zero-order chi connectivity index (χ0) is 24.3. The molecule has 3 aliphatic rings. The van der Waals surface area contributed by atoms with Gasteiger partial charge in [0.25, 0.3) is 0 Å². The van der Waals surface area contributed by atoms with E-state index in [0.29, 0.717) is 0 Å². The zero-order valence-electron chi connectivity index (χ0n) is 20.5. The SMILES string of the molecule is S=C(Nc1nc(-c2ccccc2)cs1)N1CCN(c2cc(N3CCCC3)nc(N3CCCC3)n2)CC1. The number of nitrogens with one attached hydrogen (secondary N) is 1. The predicted octanol–water partition coefficient (Wildman–Crippen LogP) is 4.32. The number of thiazole rings is 1. The van der Waals surface area contributed by atoms with Crippen LogP contribution in [0.4, 0.5) is 22.7 Å². The maximum atomic E-state index is 5.75. The Morgan fingerprint density at radius 1 is 0.750 bits per heavy atom. The minimum absolute atomic E-state index is 0.738. The van der Waals surface area contributed by atoms with Crippen molar-refractivity contribution in [2.45, 2.75) is 25.7 Å². The largest absolute Gasteiger partial charge is 0.356 e. The van der Waals surface area contributed by atoms with E-state index >= 15 is 0 Å². The molecule has 0 spiro atoms. The Morgan fingerprint density at radius 3 is 2.03 bits per heavy atom. The summed E-state index contributed by atoms with van der Waals surface area (Å²) in [5.74, 6) is 3.02. The molecular weight excluding hydrogens is 488 g/mol. The second kappa shape index (κ2) is 10.6. The van der Waals surface area contributed by atoms with Crippen LogP contribution in [0, 0.1) is 0 Å². The average Bonchev–Trinajstić information content (AvgIpc) is 3.72.